The average Bonchev–Trinajstić information content (AvgIpc) is 3.10. The summed E-state index contributed by atoms with van der Waals surface area (Å²) in [6, 6.07) is 1.65. The van der Waals surface area contributed by atoms with Crippen LogP contribution in [0.15, 0.2) is 12.3 Å². The van der Waals surface area contributed by atoms with E-state index in [4.69, 9.17) is 32.7 Å². The molecule has 0 aliphatic heterocycles. The van der Waals surface area contributed by atoms with Gasteiger partial charge in [-0.2, -0.15) is 0 Å². The second kappa shape index (κ2) is 8.06. The normalized spacial score (nSPS) is 11.8. The van der Waals surface area contributed by atoms with Crippen LogP contribution in [-0.4, -0.2) is 44.7 Å². The molecule has 10 heteroatoms. The van der Waals surface area contributed by atoms with Crippen LogP contribution in [0.2, 0.25) is 10.0 Å². The molecule has 8 nitrogen and oxygen atoms in total. The van der Waals surface area contributed by atoms with E-state index in [-0.39, 0.29) is 17.3 Å². The van der Waals surface area contributed by atoms with Crippen LogP contribution in [0.1, 0.15) is 32.0 Å². The summed E-state index contributed by atoms with van der Waals surface area (Å²) in [7, 11) is 3.00. The first-order valence-corrected chi connectivity index (χ1v) is 9.38. The molecule has 0 atom stereocenters. The zero-order valence-electron chi connectivity index (χ0n) is 16.4. The van der Waals surface area contributed by atoms with Gasteiger partial charge in [-0.05, 0) is 26.8 Å². The molecule has 0 unspecified atom stereocenters. The molecule has 28 heavy (non-hydrogen) atoms. The number of methoxy groups -OCH3 is 2. The lowest BCUT2D eigenvalue weighted by Gasteiger charge is -2.19. The summed E-state index contributed by atoms with van der Waals surface area (Å²) in [6.45, 7) is 7.22. The molecule has 3 rings (SSSR count). The highest BCUT2D eigenvalue weighted by molar-refractivity contribution is 6.43. The first kappa shape index (κ1) is 20.6. The third-order valence-corrected chi connectivity index (χ3v) is 4.80. The molecule has 0 bridgehead atoms. The number of ether oxygens (including phenoxy) is 2. The first-order valence-electron chi connectivity index (χ1n) is 8.62. The van der Waals surface area contributed by atoms with Crippen LogP contribution >= 0.6 is 23.2 Å². The van der Waals surface area contributed by atoms with E-state index < -0.39 is 0 Å². The highest BCUT2D eigenvalue weighted by Crippen LogP contribution is 2.35. The Balaban J connectivity index is 1.98. The van der Waals surface area contributed by atoms with Crippen molar-refractivity contribution in [1.82, 2.24) is 30.3 Å². The summed E-state index contributed by atoms with van der Waals surface area (Å²) in [6.07, 6.45) is 1.86. The largest absolute Gasteiger partial charge is 0.477 e. The Bertz CT molecular complexity index is 1000. The van der Waals surface area contributed by atoms with Crippen LogP contribution in [0.5, 0.6) is 11.8 Å². The third-order valence-electron chi connectivity index (χ3n) is 3.98. The average molecular weight is 425 g/mol. The smallest absolute Gasteiger partial charge is 0.278 e. The molecule has 1 aromatic carbocycles. The van der Waals surface area contributed by atoms with Gasteiger partial charge in [-0.1, -0.05) is 28.4 Å². The number of aromatic nitrogens is 5. The van der Waals surface area contributed by atoms with Gasteiger partial charge in [0.1, 0.15) is 0 Å². The van der Waals surface area contributed by atoms with Crippen molar-refractivity contribution >= 4 is 34.2 Å². The van der Waals surface area contributed by atoms with Gasteiger partial charge in [-0.15, -0.1) is 5.10 Å². The standard InChI is InChI=1S/C18H22Cl2N6O2/c1-18(2,3)21-7-10-8-26(25-24-10)9-11-14(20)12(19)6-13-15(11)23-17(28-5)16(22-13)27-4/h6,8,21H,7,9H2,1-5H3. The lowest BCUT2D eigenvalue weighted by Crippen LogP contribution is -2.35. The van der Waals surface area contributed by atoms with E-state index in [1.165, 1.54) is 14.2 Å². The van der Waals surface area contributed by atoms with E-state index in [9.17, 15) is 0 Å². The molecule has 3 aromatic rings. The van der Waals surface area contributed by atoms with Crippen molar-refractivity contribution in [2.45, 2.75) is 39.4 Å². The van der Waals surface area contributed by atoms with Gasteiger partial charge in [0.05, 0.1) is 53.7 Å². The summed E-state index contributed by atoms with van der Waals surface area (Å²) in [4.78, 5) is 8.93. The molecule has 0 aliphatic rings. The fourth-order valence-electron chi connectivity index (χ4n) is 2.60. The molecule has 0 spiro atoms. The summed E-state index contributed by atoms with van der Waals surface area (Å²) < 4.78 is 12.2. The number of halogens is 2. The van der Waals surface area contributed by atoms with Crippen molar-refractivity contribution in [3.8, 4) is 11.8 Å². The topological polar surface area (TPSA) is 87.0 Å². The van der Waals surface area contributed by atoms with Crippen molar-refractivity contribution in [1.29, 1.82) is 0 Å². The minimum absolute atomic E-state index is 0.0125. The molecular weight excluding hydrogens is 403 g/mol. The lowest BCUT2D eigenvalue weighted by molar-refractivity contribution is 0.334. The van der Waals surface area contributed by atoms with Gasteiger partial charge in [0, 0.05) is 17.6 Å². The van der Waals surface area contributed by atoms with Gasteiger partial charge < -0.3 is 14.8 Å². The number of fused-ring (bicyclic) bond motifs is 1. The maximum absolute atomic E-state index is 6.47. The zero-order chi connectivity index (χ0) is 20.5. The van der Waals surface area contributed by atoms with Crippen LogP contribution < -0.4 is 14.8 Å². The van der Waals surface area contributed by atoms with Gasteiger partial charge >= 0.3 is 0 Å². The minimum atomic E-state index is -0.0125. The van der Waals surface area contributed by atoms with Crippen LogP contribution in [0.25, 0.3) is 11.0 Å². The number of benzene rings is 1. The van der Waals surface area contributed by atoms with Crippen LogP contribution in [0.4, 0.5) is 0 Å². The van der Waals surface area contributed by atoms with E-state index in [0.717, 1.165) is 5.69 Å². The van der Waals surface area contributed by atoms with Crippen molar-refractivity contribution in [2.24, 2.45) is 0 Å². The van der Waals surface area contributed by atoms with E-state index in [1.54, 1.807) is 10.7 Å². The zero-order valence-corrected chi connectivity index (χ0v) is 17.9. The quantitative estimate of drug-likeness (QED) is 0.647. The Labute approximate surface area is 173 Å². The van der Waals surface area contributed by atoms with E-state index in [1.807, 2.05) is 6.20 Å². The number of nitrogens with one attached hydrogen (secondary N) is 1. The summed E-state index contributed by atoms with van der Waals surface area (Å²) in [5.41, 5.74) is 2.61. The lowest BCUT2D eigenvalue weighted by atomic mass is 10.1. The summed E-state index contributed by atoms with van der Waals surface area (Å²) in [5.74, 6) is 0.541. The van der Waals surface area contributed by atoms with Gasteiger partial charge in [-0.25, -0.2) is 14.6 Å². The number of nitrogens with zero attached hydrogens (tertiary/aromatic N) is 5. The predicted molar refractivity (Wildman–Crippen MR) is 108 cm³/mol. The Kier molecular flexibility index (Phi) is 5.92. The number of hydrogen-bond donors (Lipinski definition) is 1. The van der Waals surface area contributed by atoms with Gasteiger partial charge in [0.25, 0.3) is 11.8 Å². The van der Waals surface area contributed by atoms with E-state index in [0.29, 0.717) is 39.7 Å². The van der Waals surface area contributed by atoms with Crippen molar-refractivity contribution < 1.29 is 9.47 Å². The number of rotatable bonds is 6. The van der Waals surface area contributed by atoms with Crippen LogP contribution in [0, 0.1) is 0 Å². The molecular formula is C18H22Cl2N6O2. The van der Waals surface area contributed by atoms with Crippen molar-refractivity contribution in [2.75, 3.05) is 14.2 Å². The maximum Gasteiger partial charge on any atom is 0.278 e. The highest BCUT2D eigenvalue weighted by Gasteiger charge is 2.18. The predicted octanol–water partition coefficient (Wildman–Crippen LogP) is 3.48. The third kappa shape index (κ3) is 4.45. The van der Waals surface area contributed by atoms with Gasteiger partial charge in [-0.3, -0.25) is 0 Å². The summed E-state index contributed by atoms with van der Waals surface area (Å²) >= 11 is 12.8. The van der Waals surface area contributed by atoms with Crippen LogP contribution in [0.3, 0.4) is 0 Å². The molecule has 1 N–H and O–H groups in total. The van der Waals surface area contributed by atoms with Crippen molar-refractivity contribution in [3.05, 3.63) is 33.6 Å². The van der Waals surface area contributed by atoms with Gasteiger partial charge in [0.15, 0.2) is 0 Å². The second-order valence-corrected chi connectivity index (χ2v) is 8.06. The molecule has 0 amide bonds. The Morgan fingerprint density at radius 1 is 1.11 bits per heavy atom. The molecule has 0 saturated heterocycles. The molecule has 0 saturated carbocycles. The molecule has 2 aromatic heterocycles. The Morgan fingerprint density at radius 2 is 1.79 bits per heavy atom. The SMILES string of the molecule is COc1nc2cc(Cl)c(Cl)c(Cn3cc(CNC(C)(C)C)nn3)c2nc1OC. The minimum Gasteiger partial charge on any atom is -0.477 e. The van der Waals surface area contributed by atoms with Crippen molar-refractivity contribution in [3.63, 3.8) is 0 Å². The molecule has 0 aliphatic carbocycles. The fourth-order valence-corrected chi connectivity index (χ4v) is 3.02. The fraction of sp³-hybridized carbons (Fsp3) is 0.444. The van der Waals surface area contributed by atoms with E-state index >= 15 is 0 Å². The van der Waals surface area contributed by atoms with E-state index in [2.05, 4.69) is 46.4 Å². The molecule has 0 radical (unpaired) electrons. The molecule has 0 fully saturated rings. The molecule has 150 valence electrons. The number of hydrogen-bond acceptors (Lipinski definition) is 7. The monoisotopic (exact) mass is 424 g/mol. The molecule has 2 heterocycles. The Morgan fingerprint density at radius 3 is 2.43 bits per heavy atom. The first-order chi connectivity index (χ1) is 13.2. The van der Waals surface area contributed by atoms with Gasteiger partial charge in [0.2, 0.25) is 0 Å². The Hall–Kier alpha value is -2.16. The second-order valence-electron chi connectivity index (χ2n) is 7.27. The maximum atomic E-state index is 6.47. The highest BCUT2D eigenvalue weighted by atomic mass is 35.5. The van der Waals surface area contributed by atoms with Crippen LogP contribution in [-0.2, 0) is 13.1 Å². The summed E-state index contributed by atoms with van der Waals surface area (Å²) in [5, 5.41) is 12.5.